The molecule has 0 unspecified atom stereocenters. The van der Waals surface area contributed by atoms with Crippen molar-refractivity contribution in [3.63, 3.8) is 0 Å². The van der Waals surface area contributed by atoms with Gasteiger partial charge in [-0.25, -0.2) is 0 Å². The van der Waals surface area contributed by atoms with Crippen LogP contribution in [0, 0.1) is 12.8 Å². The Morgan fingerprint density at radius 1 is 1.26 bits per heavy atom. The first-order valence-electron chi connectivity index (χ1n) is 9.59. The SMILES string of the molecule is Cc1ccc(NC[C@H]2CO[C@@]3(COCCN(Cc4ccccn4)C3)C2)nn1. The zero-order chi connectivity index (χ0) is 18.5. The number of anilines is 1. The average molecular weight is 369 g/mol. The fourth-order valence-corrected chi connectivity index (χ4v) is 3.86. The van der Waals surface area contributed by atoms with Gasteiger partial charge in [0.25, 0.3) is 0 Å². The molecule has 7 heteroatoms. The van der Waals surface area contributed by atoms with Crippen molar-refractivity contribution >= 4 is 5.82 Å². The highest BCUT2D eigenvalue weighted by atomic mass is 16.5. The number of nitrogens with zero attached hydrogens (tertiary/aromatic N) is 4. The Balaban J connectivity index is 1.34. The van der Waals surface area contributed by atoms with Gasteiger partial charge in [0.1, 0.15) is 11.4 Å². The first kappa shape index (κ1) is 18.3. The zero-order valence-electron chi connectivity index (χ0n) is 15.8. The standard InChI is InChI=1S/C20H27N5O2/c1-16-5-6-19(24-23-16)22-11-17-10-20(27-13-17)14-25(8-9-26-15-20)12-18-4-2-3-7-21-18/h2-7,17H,8-15H2,1H3,(H,22,24)/t17-,20-/m0/s1. The number of nitrogens with one attached hydrogen (secondary N) is 1. The summed E-state index contributed by atoms with van der Waals surface area (Å²) in [5.74, 6) is 1.25. The van der Waals surface area contributed by atoms with Crippen molar-refractivity contribution in [1.82, 2.24) is 20.1 Å². The van der Waals surface area contributed by atoms with Gasteiger partial charge in [-0.3, -0.25) is 9.88 Å². The molecular formula is C20H27N5O2. The van der Waals surface area contributed by atoms with Gasteiger partial charge in [0, 0.05) is 38.3 Å². The van der Waals surface area contributed by atoms with Crippen LogP contribution in [0.4, 0.5) is 5.82 Å². The van der Waals surface area contributed by atoms with Crippen LogP contribution in [-0.2, 0) is 16.0 Å². The van der Waals surface area contributed by atoms with Crippen molar-refractivity contribution in [3.8, 4) is 0 Å². The lowest BCUT2D eigenvalue weighted by Gasteiger charge is -2.31. The Hall–Kier alpha value is -2.09. The molecule has 27 heavy (non-hydrogen) atoms. The van der Waals surface area contributed by atoms with Gasteiger partial charge >= 0.3 is 0 Å². The van der Waals surface area contributed by atoms with Crippen molar-refractivity contribution in [2.75, 3.05) is 44.8 Å². The largest absolute Gasteiger partial charge is 0.377 e. The minimum atomic E-state index is -0.226. The van der Waals surface area contributed by atoms with Gasteiger partial charge in [0.2, 0.25) is 0 Å². The van der Waals surface area contributed by atoms with Gasteiger partial charge < -0.3 is 14.8 Å². The lowest BCUT2D eigenvalue weighted by atomic mass is 9.94. The first-order chi connectivity index (χ1) is 13.2. The molecule has 2 saturated heterocycles. The Kier molecular flexibility index (Phi) is 5.61. The van der Waals surface area contributed by atoms with Crippen LogP contribution in [0.2, 0.25) is 0 Å². The Labute approximate surface area is 160 Å². The van der Waals surface area contributed by atoms with E-state index in [4.69, 9.17) is 9.47 Å². The molecule has 2 fully saturated rings. The molecule has 1 spiro atoms. The molecule has 2 aromatic heterocycles. The minimum absolute atomic E-state index is 0.226. The van der Waals surface area contributed by atoms with E-state index in [2.05, 4.69) is 31.5 Å². The normalized spacial score (nSPS) is 26.2. The van der Waals surface area contributed by atoms with Crippen LogP contribution >= 0.6 is 0 Å². The molecule has 2 aromatic rings. The van der Waals surface area contributed by atoms with Gasteiger partial charge in [0.15, 0.2) is 0 Å². The van der Waals surface area contributed by atoms with E-state index in [9.17, 15) is 0 Å². The first-order valence-corrected chi connectivity index (χ1v) is 9.59. The van der Waals surface area contributed by atoms with Crippen molar-refractivity contribution in [1.29, 1.82) is 0 Å². The molecule has 144 valence electrons. The number of hydrogen-bond acceptors (Lipinski definition) is 7. The lowest BCUT2D eigenvalue weighted by Crippen LogP contribution is -2.44. The van der Waals surface area contributed by atoms with E-state index in [-0.39, 0.29) is 5.60 Å². The molecule has 4 rings (SSSR count). The molecule has 2 aliphatic rings. The third-order valence-corrected chi connectivity index (χ3v) is 5.20. The summed E-state index contributed by atoms with van der Waals surface area (Å²) >= 11 is 0. The maximum absolute atomic E-state index is 6.29. The summed E-state index contributed by atoms with van der Waals surface area (Å²) in [7, 11) is 0. The van der Waals surface area contributed by atoms with Gasteiger partial charge in [-0.1, -0.05) is 6.07 Å². The second kappa shape index (κ2) is 8.29. The average Bonchev–Trinajstić information content (AvgIpc) is 2.97. The Morgan fingerprint density at radius 2 is 2.22 bits per heavy atom. The predicted octanol–water partition coefficient (Wildman–Crippen LogP) is 1.90. The van der Waals surface area contributed by atoms with Gasteiger partial charge in [-0.2, -0.15) is 5.10 Å². The highest BCUT2D eigenvalue weighted by Crippen LogP contribution is 2.33. The minimum Gasteiger partial charge on any atom is -0.377 e. The maximum atomic E-state index is 6.29. The van der Waals surface area contributed by atoms with Crippen LogP contribution in [0.15, 0.2) is 36.5 Å². The molecule has 0 aliphatic carbocycles. The fraction of sp³-hybridized carbons (Fsp3) is 0.550. The van der Waals surface area contributed by atoms with Crippen LogP contribution in [0.1, 0.15) is 17.8 Å². The highest BCUT2D eigenvalue weighted by molar-refractivity contribution is 5.32. The summed E-state index contributed by atoms with van der Waals surface area (Å²) < 4.78 is 12.2. The van der Waals surface area contributed by atoms with Gasteiger partial charge in [-0.05, 0) is 37.6 Å². The Bertz CT molecular complexity index is 727. The van der Waals surface area contributed by atoms with E-state index in [0.717, 1.165) is 63.0 Å². The van der Waals surface area contributed by atoms with Crippen molar-refractivity contribution < 1.29 is 9.47 Å². The third-order valence-electron chi connectivity index (χ3n) is 5.20. The smallest absolute Gasteiger partial charge is 0.148 e. The van der Waals surface area contributed by atoms with Crippen LogP contribution in [0.5, 0.6) is 0 Å². The number of ether oxygens (including phenoxy) is 2. The van der Waals surface area contributed by atoms with E-state index in [1.807, 2.05) is 37.4 Å². The molecule has 1 N–H and O–H groups in total. The summed E-state index contributed by atoms with van der Waals surface area (Å²) in [5, 5.41) is 11.7. The zero-order valence-corrected chi connectivity index (χ0v) is 15.8. The molecule has 0 saturated carbocycles. The summed E-state index contributed by atoms with van der Waals surface area (Å²) in [4.78, 5) is 6.86. The monoisotopic (exact) mass is 369 g/mol. The fourth-order valence-electron chi connectivity index (χ4n) is 3.86. The third kappa shape index (κ3) is 4.80. The predicted molar refractivity (Wildman–Crippen MR) is 102 cm³/mol. The van der Waals surface area contributed by atoms with Crippen molar-refractivity contribution in [3.05, 3.63) is 47.9 Å². The molecule has 0 bridgehead atoms. The Morgan fingerprint density at radius 3 is 3.04 bits per heavy atom. The highest BCUT2D eigenvalue weighted by Gasteiger charge is 2.43. The summed E-state index contributed by atoms with van der Waals surface area (Å²) in [6.45, 7) is 7.53. The van der Waals surface area contributed by atoms with E-state index < -0.39 is 0 Å². The number of aryl methyl sites for hydroxylation is 1. The summed E-state index contributed by atoms with van der Waals surface area (Å²) in [6, 6.07) is 10.00. The number of aromatic nitrogens is 3. The molecule has 0 aromatic carbocycles. The van der Waals surface area contributed by atoms with Crippen LogP contribution < -0.4 is 5.32 Å². The quantitative estimate of drug-likeness (QED) is 0.863. The van der Waals surface area contributed by atoms with Crippen LogP contribution in [-0.4, -0.2) is 65.1 Å². The van der Waals surface area contributed by atoms with Crippen LogP contribution in [0.25, 0.3) is 0 Å². The van der Waals surface area contributed by atoms with Crippen molar-refractivity contribution in [2.24, 2.45) is 5.92 Å². The molecular weight excluding hydrogens is 342 g/mol. The number of pyridine rings is 1. The van der Waals surface area contributed by atoms with E-state index in [1.165, 1.54) is 0 Å². The maximum Gasteiger partial charge on any atom is 0.148 e. The number of rotatable bonds is 5. The second-order valence-electron chi connectivity index (χ2n) is 7.59. The van der Waals surface area contributed by atoms with E-state index in [1.54, 1.807) is 0 Å². The lowest BCUT2D eigenvalue weighted by molar-refractivity contribution is -0.0563. The van der Waals surface area contributed by atoms with Crippen molar-refractivity contribution in [2.45, 2.75) is 25.5 Å². The number of hydrogen-bond donors (Lipinski definition) is 1. The van der Waals surface area contributed by atoms with E-state index >= 15 is 0 Å². The summed E-state index contributed by atoms with van der Waals surface area (Å²) in [6.07, 6.45) is 2.83. The molecule has 2 atom stereocenters. The van der Waals surface area contributed by atoms with E-state index in [0.29, 0.717) is 12.5 Å². The van der Waals surface area contributed by atoms with Gasteiger partial charge in [-0.15, -0.1) is 5.10 Å². The molecule has 7 nitrogen and oxygen atoms in total. The molecule has 0 amide bonds. The molecule has 0 radical (unpaired) electrons. The van der Waals surface area contributed by atoms with Gasteiger partial charge in [0.05, 0.1) is 31.2 Å². The molecule has 4 heterocycles. The van der Waals surface area contributed by atoms with Crippen LogP contribution in [0.3, 0.4) is 0 Å². The molecule has 2 aliphatic heterocycles. The summed E-state index contributed by atoms with van der Waals surface area (Å²) in [5.41, 5.74) is 1.78. The second-order valence-corrected chi connectivity index (χ2v) is 7.59. The topological polar surface area (TPSA) is 72.4 Å².